The summed E-state index contributed by atoms with van der Waals surface area (Å²) < 4.78 is 9.79. The summed E-state index contributed by atoms with van der Waals surface area (Å²) in [6.07, 6.45) is 5.34. The standard InChI is InChI=1S/C21H29N3O4/c1-12-4-5-15-17(24(12)20(26)28-3)7-6-16(18(15)22)23-14-10-21(11-14)8-13(9-21)19(25)27-2/h6-7,12-14,23H,4-5,8-11,22H2,1-3H3/t12-,13?,14?,21?/m0/s1. The van der Waals surface area contributed by atoms with Gasteiger partial charge in [0.05, 0.1) is 37.2 Å². The quantitative estimate of drug-likeness (QED) is 0.610. The molecule has 1 amide bonds. The zero-order chi connectivity index (χ0) is 20.1. The molecule has 2 saturated carbocycles. The zero-order valence-corrected chi connectivity index (χ0v) is 16.8. The van der Waals surface area contributed by atoms with Crippen LogP contribution in [0.2, 0.25) is 0 Å². The summed E-state index contributed by atoms with van der Waals surface area (Å²) in [5.74, 6) is -0.00332. The van der Waals surface area contributed by atoms with E-state index in [0.29, 0.717) is 11.5 Å². The van der Waals surface area contributed by atoms with Crippen LogP contribution in [-0.4, -0.2) is 38.4 Å². The van der Waals surface area contributed by atoms with Crippen LogP contribution < -0.4 is 16.0 Å². The first-order chi connectivity index (χ1) is 13.4. The average molecular weight is 387 g/mol. The second-order valence-corrected chi connectivity index (χ2v) is 8.63. The molecule has 2 fully saturated rings. The van der Waals surface area contributed by atoms with Gasteiger partial charge in [0.25, 0.3) is 0 Å². The number of rotatable bonds is 3. The van der Waals surface area contributed by atoms with Crippen LogP contribution in [0.1, 0.15) is 44.6 Å². The van der Waals surface area contributed by atoms with Gasteiger partial charge in [0.2, 0.25) is 0 Å². The zero-order valence-electron chi connectivity index (χ0n) is 16.8. The summed E-state index contributed by atoms with van der Waals surface area (Å²) in [6.45, 7) is 2.02. The molecule has 0 bridgehead atoms. The van der Waals surface area contributed by atoms with Gasteiger partial charge < -0.3 is 20.5 Å². The van der Waals surface area contributed by atoms with E-state index < -0.39 is 0 Å². The second-order valence-electron chi connectivity index (χ2n) is 8.63. The number of benzene rings is 1. The molecule has 2 aliphatic carbocycles. The minimum Gasteiger partial charge on any atom is -0.469 e. The van der Waals surface area contributed by atoms with Crippen molar-refractivity contribution in [2.24, 2.45) is 11.3 Å². The van der Waals surface area contributed by atoms with Crippen molar-refractivity contribution in [2.75, 3.05) is 30.2 Å². The first-order valence-corrected chi connectivity index (χ1v) is 10.0. The highest BCUT2D eigenvalue weighted by molar-refractivity contribution is 5.93. The fraction of sp³-hybridized carbons (Fsp3) is 0.619. The number of nitrogen functional groups attached to an aromatic ring is 1. The van der Waals surface area contributed by atoms with Gasteiger partial charge in [-0.2, -0.15) is 0 Å². The molecule has 0 aromatic heterocycles. The fourth-order valence-electron chi connectivity index (χ4n) is 5.32. The van der Waals surface area contributed by atoms with E-state index in [9.17, 15) is 9.59 Å². The molecule has 7 heteroatoms. The number of carbonyl (C=O) groups is 2. The first kappa shape index (κ1) is 18.9. The lowest BCUT2D eigenvalue weighted by Gasteiger charge is -2.57. The van der Waals surface area contributed by atoms with E-state index in [1.807, 2.05) is 19.1 Å². The van der Waals surface area contributed by atoms with Gasteiger partial charge in [-0.1, -0.05) is 0 Å². The SMILES string of the molecule is COC(=O)C1CC2(CC(Nc3ccc4c(c3N)CC[C@H](C)N4C(=O)OC)C2)C1. The van der Waals surface area contributed by atoms with Crippen molar-refractivity contribution in [3.05, 3.63) is 17.7 Å². The van der Waals surface area contributed by atoms with Crippen LogP contribution in [0.25, 0.3) is 0 Å². The molecule has 0 unspecified atom stereocenters. The number of nitrogens with one attached hydrogen (secondary N) is 1. The van der Waals surface area contributed by atoms with Gasteiger partial charge >= 0.3 is 12.1 Å². The molecule has 3 aliphatic rings. The Kier molecular flexibility index (Phi) is 4.63. The number of carbonyl (C=O) groups excluding carboxylic acids is 2. The predicted octanol–water partition coefficient (Wildman–Crippen LogP) is 3.32. The number of fused-ring (bicyclic) bond motifs is 1. The monoisotopic (exact) mass is 387 g/mol. The number of nitrogens with two attached hydrogens (primary N) is 1. The topological polar surface area (TPSA) is 93.9 Å². The molecule has 0 saturated heterocycles. The molecule has 1 spiro atoms. The van der Waals surface area contributed by atoms with Crippen molar-refractivity contribution >= 4 is 29.1 Å². The van der Waals surface area contributed by atoms with E-state index in [1.54, 1.807) is 4.90 Å². The number of ether oxygens (including phenoxy) is 2. The molecule has 0 radical (unpaired) electrons. The molecule has 1 atom stereocenters. The number of methoxy groups -OCH3 is 2. The van der Waals surface area contributed by atoms with E-state index >= 15 is 0 Å². The lowest BCUT2D eigenvalue weighted by molar-refractivity contribution is -0.158. The van der Waals surface area contributed by atoms with Crippen molar-refractivity contribution in [3.8, 4) is 0 Å². The van der Waals surface area contributed by atoms with Crippen molar-refractivity contribution in [1.82, 2.24) is 0 Å². The number of hydrogen-bond donors (Lipinski definition) is 2. The Morgan fingerprint density at radius 3 is 2.54 bits per heavy atom. The van der Waals surface area contributed by atoms with Gasteiger partial charge in [0.15, 0.2) is 0 Å². The maximum Gasteiger partial charge on any atom is 0.414 e. The Labute approximate surface area is 165 Å². The Balaban J connectivity index is 1.43. The second kappa shape index (κ2) is 6.87. The lowest BCUT2D eigenvalue weighted by atomic mass is 9.50. The number of hydrogen-bond acceptors (Lipinski definition) is 6. The Morgan fingerprint density at radius 2 is 1.89 bits per heavy atom. The van der Waals surface area contributed by atoms with Gasteiger partial charge in [0, 0.05) is 17.6 Å². The van der Waals surface area contributed by atoms with Crippen molar-refractivity contribution in [3.63, 3.8) is 0 Å². The minimum atomic E-state index is -0.348. The third kappa shape index (κ3) is 2.97. The Morgan fingerprint density at radius 1 is 1.18 bits per heavy atom. The minimum absolute atomic E-state index is 0.0751. The van der Waals surface area contributed by atoms with E-state index in [1.165, 1.54) is 14.2 Å². The van der Waals surface area contributed by atoms with Crippen molar-refractivity contribution in [1.29, 1.82) is 0 Å². The molecule has 1 heterocycles. The molecule has 1 aliphatic heterocycles. The molecular weight excluding hydrogens is 358 g/mol. The van der Waals surface area contributed by atoms with Gasteiger partial charge in [-0.15, -0.1) is 0 Å². The first-order valence-electron chi connectivity index (χ1n) is 10.0. The maximum absolute atomic E-state index is 12.2. The van der Waals surface area contributed by atoms with Crippen LogP contribution in [0.3, 0.4) is 0 Å². The maximum atomic E-state index is 12.2. The van der Waals surface area contributed by atoms with Crippen LogP contribution in [0.4, 0.5) is 21.9 Å². The summed E-state index contributed by atoms with van der Waals surface area (Å²) in [5.41, 5.74) is 10.3. The Hall–Kier alpha value is -2.44. The summed E-state index contributed by atoms with van der Waals surface area (Å²) in [4.78, 5) is 25.5. The Bertz CT molecular complexity index is 795. The molecule has 28 heavy (non-hydrogen) atoms. The third-order valence-corrected chi connectivity index (χ3v) is 6.83. The van der Waals surface area contributed by atoms with E-state index in [0.717, 1.165) is 61.2 Å². The van der Waals surface area contributed by atoms with Gasteiger partial charge in [-0.05, 0) is 63.0 Å². The van der Waals surface area contributed by atoms with Gasteiger partial charge in [-0.25, -0.2) is 4.79 Å². The van der Waals surface area contributed by atoms with Gasteiger partial charge in [-0.3, -0.25) is 9.69 Å². The van der Waals surface area contributed by atoms with Crippen LogP contribution in [0.5, 0.6) is 0 Å². The highest BCUT2D eigenvalue weighted by atomic mass is 16.5. The van der Waals surface area contributed by atoms with E-state index in [-0.39, 0.29) is 24.0 Å². The average Bonchev–Trinajstić information content (AvgIpc) is 2.63. The normalized spacial score (nSPS) is 30.7. The summed E-state index contributed by atoms with van der Waals surface area (Å²) in [5, 5.41) is 3.57. The summed E-state index contributed by atoms with van der Waals surface area (Å²) in [6, 6.07) is 4.39. The summed E-state index contributed by atoms with van der Waals surface area (Å²) >= 11 is 0. The highest BCUT2D eigenvalue weighted by Gasteiger charge is 2.55. The largest absolute Gasteiger partial charge is 0.469 e. The molecule has 1 aromatic carbocycles. The lowest BCUT2D eigenvalue weighted by Crippen LogP contribution is -2.54. The van der Waals surface area contributed by atoms with Crippen LogP contribution in [0.15, 0.2) is 12.1 Å². The van der Waals surface area contributed by atoms with Crippen LogP contribution >= 0.6 is 0 Å². The molecule has 152 valence electrons. The smallest absolute Gasteiger partial charge is 0.414 e. The molecule has 7 nitrogen and oxygen atoms in total. The number of anilines is 3. The van der Waals surface area contributed by atoms with Gasteiger partial charge in [0.1, 0.15) is 0 Å². The predicted molar refractivity (Wildman–Crippen MR) is 107 cm³/mol. The molecule has 3 N–H and O–H groups in total. The van der Waals surface area contributed by atoms with E-state index in [4.69, 9.17) is 15.2 Å². The third-order valence-electron chi connectivity index (χ3n) is 6.83. The van der Waals surface area contributed by atoms with Crippen molar-refractivity contribution < 1.29 is 19.1 Å². The molecule has 4 rings (SSSR count). The molecular formula is C21H29N3O4. The highest BCUT2D eigenvalue weighted by Crippen LogP contribution is 2.59. The number of nitrogens with zero attached hydrogens (tertiary/aromatic N) is 1. The number of amides is 1. The van der Waals surface area contributed by atoms with Crippen LogP contribution in [0, 0.1) is 11.3 Å². The summed E-state index contributed by atoms with van der Waals surface area (Å²) in [7, 11) is 2.86. The van der Waals surface area contributed by atoms with Crippen molar-refractivity contribution in [2.45, 2.75) is 57.5 Å². The number of esters is 1. The fourth-order valence-corrected chi connectivity index (χ4v) is 5.32. The van der Waals surface area contributed by atoms with E-state index in [2.05, 4.69) is 5.32 Å². The van der Waals surface area contributed by atoms with Crippen LogP contribution in [-0.2, 0) is 20.7 Å². The molecule has 1 aromatic rings.